The molecule has 4 N–H and O–H groups in total. The minimum atomic E-state index is 0.0768. The van der Waals surface area contributed by atoms with Crippen LogP contribution in [-0.4, -0.2) is 22.6 Å². The van der Waals surface area contributed by atoms with Gasteiger partial charge in [-0.1, -0.05) is 31.2 Å². The average Bonchev–Trinajstić information content (AvgIpc) is 3.05. The first-order valence-electron chi connectivity index (χ1n) is 7.24. The van der Waals surface area contributed by atoms with E-state index in [2.05, 4.69) is 22.4 Å². The van der Waals surface area contributed by atoms with Gasteiger partial charge in [0.1, 0.15) is 0 Å². The van der Waals surface area contributed by atoms with Crippen molar-refractivity contribution in [3.8, 4) is 11.3 Å². The lowest BCUT2D eigenvalue weighted by Crippen LogP contribution is -2.23. The van der Waals surface area contributed by atoms with E-state index in [4.69, 9.17) is 5.73 Å². The molecular formula is C16H22N4O. The number of benzene rings is 1. The molecule has 1 atom stereocenters. The number of aromatic nitrogens is 2. The zero-order valence-corrected chi connectivity index (χ0v) is 12.3. The lowest BCUT2D eigenvalue weighted by molar-refractivity contribution is -0.121. The van der Waals surface area contributed by atoms with Crippen molar-refractivity contribution in [3.05, 3.63) is 42.1 Å². The van der Waals surface area contributed by atoms with Crippen LogP contribution in [0.25, 0.3) is 11.3 Å². The van der Waals surface area contributed by atoms with Gasteiger partial charge in [0, 0.05) is 19.2 Å². The largest absolute Gasteiger partial charge is 0.352 e. The molecule has 0 aliphatic heterocycles. The maximum absolute atomic E-state index is 11.7. The molecule has 1 unspecified atom stereocenters. The molecule has 0 saturated heterocycles. The highest BCUT2D eigenvalue weighted by atomic mass is 16.1. The van der Waals surface area contributed by atoms with E-state index in [0.717, 1.165) is 23.2 Å². The van der Waals surface area contributed by atoms with E-state index in [0.29, 0.717) is 25.4 Å². The molecule has 1 aromatic heterocycles. The predicted molar refractivity (Wildman–Crippen MR) is 83.3 cm³/mol. The van der Waals surface area contributed by atoms with Crippen molar-refractivity contribution in [2.45, 2.75) is 26.3 Å². The van der Waals surface area contributed by atoms with Crippen molar-refractivity contribution in [1.82, 2.24) is 15.5 Å². The third-order valence-electron chi connectivity index (χ3n) is 3.52. The summed E-state index contributed by atoms with van der Waals surface area (Å²) in [5.41, 5.74) is 8.69. The summed E-state index contributed by atoms with van der Waals surface area (Å²) in [6.07, 6.45) is 3.09. The number of hydrogen-bond acceptors (Lipinski definition) is 3. The van der Waals surface area contributed by atoms with Gasteiger partial charge in [0.05, 0.1) is 5.69 Å². The van der Waals surface area contributed by atoms with E-state index >= 15 is 0 Å². The smallest absolute Gasteiger partial charge is 0.220 e. The zero-order chi connectivity index (χ0) is 15.1. The summed E-state index contributed by atoms with van der Waals surface area (Å²) in [6.45, 7) is 3.24. The summed E-state index contributed by atoms with van der Waals surface area (Å²) < 4.78 is 0. The molecule has 112 valence electrons. The van der Waals surface area contributed by atoms with Gasteiger partial charge in [-0.3, -0.25) is 9.89 Å². The molecular weight excluding hydrogens is 264 g/mol. The fraction of sp³-hybridized carbons (Fsp3) is 0.375. The van der Waals surface area contributed by atoms with Crippen molar-refractivity contribution in [2.24, 2.45) is 11.7 Å². The SMILES string of the molecule is CC(CN)CCC(=O)NCc1ccc(-c2ccn[nH]2)cc1. The van der Waals surface area contributed by atoms with Crippen LogP contribution in [0.5, 0.6) is 0 Å². The quantitative estimate of drug-likeness (QED) is 0.728. The Morgan fingerprint density at radius 2 is 2.10 bits per heavy atom. The van der Waals surface area contributed by atoms with Crippen LogP contribution in [0.3, 0.4) is 0 Å². The van der Waals surface area contributed by atoms with Gasteiger partial charge in [-0.25, -0.2) is 0 Å². The van der Waals surface area contributed by atoms with Crippen LogP contribution >= 0.6 is 0 Å². The Morgan fingerprint density at radius 1 is 1.33 bits per heavy atom. The molecule has 5 heteroatoms. The van der Waals surface area contributed by atoms with Crippen molar-refractivity contribution in [3.63, 3.8) is 0 Å². The van der Waals surface area contributed by atoms with Crippen LogP contribution in [0, 0.1) is 5.92 Å². The maximum Gasteiger partial charge on any atom is 0.220 e. The monoisotopic (exact) mass is 286 g/mol. The molecule has 1 aromatic carbocycles. The first-order chi connectivity index (χ1) is 10.2. The first-order valence-corrected chi connectivity index (χ1v) is 7.24. The molecule has 5 nitrogen and oxygen atoms in total. The Labute approximate surface area is 124 Å². The molecule has 2 aromatic rings. The number of carbonyl (C=O) groups is 1. The van der Waals surface area contributed by atoms with Gasteiger partial charge in [0.2, 0.25) is 5.91 Å². The third kappa shape index (κ3) is 4.72. The van der Waals surface area contributed by atoms with Gasteiger partial charge < -0.3 is 11.1 Å². The Bertz CT molecular complexity index is 548. The fourth-order valence-electron chi connectivity index (χ4n) is 2.00. The second-order valence-corrected chi connectivity index (χ2v) is 5.32. The molecule has 21 heavy (non-hydrogen) atoms. The average molecular weight is 286 g/mol. The Kier molecular flexibility index (Phi) is 5.51. The summed E-state index contributed by atoms with van der Waals surface area (Å²) in [5, 5.41) is 9.79. The number of nitrogens with one attached hydrogen (secondary N) is 2. The maximum atomic E-state index is 11.7. The molecule has 0 aliphatic carbocycles. The Hall–Kier alpha value is -2.14. The van der Waals surface area contributed by atoms with E-state index < -0.39 is 0 Å². The Morgan fingerprint density at radius 3 is 2.71 bits per heavy atom. The van der Waals surface area contributed by atoms with Gasteiger partial charge in [-0.15, -0.1) is 0 Å². The van der Waals surface area contributed by atoms with Crippen LogP contribution in [0.1, 0.15) is 25.3 Å². The summed E-state index contributed by atoms with van der Waals surface area (Å²) in [5.74, 6) is 0.470. The Balaban J connectivity index is 1.80. The number of H-pyrrole nitrogens is 1. The van der Waals surface area contributed by atoms with E-state index in [9.17, 15) is 4.79 Å². The van der Waals surface area contributed by atoms with Gasteiger partial charge >= 0.3 is 0 Å². The standard InChI is InChI=1S/C16H22N4O/c1-12(10-17)2-7-16(21)18-11-13-3-5-14(6-4-13)15-8-9-19-20-15/h3-6,8-9,12H,2,7,10-11,17H2,1H3,(H,18,21)(H,19,20). The summed E-state index contributed by atoms with van der Waals surface area (Å²) >= 11 is 0. The summed E-state index contributed by atoms with van der Waals surface area (Å²) in [4.78, 5) is 11.7. The van der Waals surface area contributed by atoms with Gasteiger partial charge in [0.25, 0.3) is 0 Å². The topological polar surface area (TPSA) is 83.8 Å². The molecule has 0 spiro atoms. The normalized spacial score (nSPS) is 12.1. The number of rotatable bonds is 7. The number of amides is 1. The zero-order valence-electron chi connectivity index (χ0n) is 12.3. The molecule has 0 radical (unpaired) electrons. The molecule has 1 heterocycles. The number of carbonyl (C=O) groups excluding carboxylic acids is 1. The third-order valence-corrected chi connectivity index (χ3v) is 3.52. The second kappa shape index (κ2) is 7.59. The lowest BCUT2D eigenvalue weighted by Gasteiger charge is -2.09. The van der Waals surface area contributed by atoms with E-state index in [-0.39, 0.29) is 5.91 Å². The molecule has 0 fully saturated rings. The van der Waals surface area contributed by atoms with Crippen molar-refractivity contribution in [2.75, 3.05) is 6.54 Å². The number of hydrogen-bond donors (Lipinski definition) is 3. The van der Waals surface area contributed by atoms with E-state index in [1.165, 1.54) is 0 Å². The van der Waals surface area contributed by atoms with Crippen LogP contribution in [0.15, 0.2) is 36.5 Å². The van der Waals surface area contributed by atoms with Crippen molar-refractivity contribution in [1.29, 1.82) is 0 Å². The first kappa shape index (κ1) is 15.3. The fourth-order valence-corrected chi connectivity index (χ4v) is 2.00. The van der Waals surface area contributed by atoms with Crippen LogP contribution in [-0.2, 0) is 11.3 Å². The minimum Gasteiger partial charge on any atom is -0.352 e. The van der Waals surface area contributed by atoms with Crippen molar-refractivity contribution >= 4 is 5.91 Å². The molecule has 2 rings (SSSR count). The molecule has 0 aliphatic rings. The number of nitrogens with two attached hydrogens (primary N) is 1. The predicted octanol–water partition coefficient (Wildman–Crippen LogP) is 2.07. The highest BCUT2D eigenvalue weighted by Crippen LogP contribution is 2.16. The van der Waals surface area contributed by atoms with Crippen molar-refractivity contribution < 1.29 is 4.79 Å². The van der Waals surface area contributed by atoms with Gasteiger partial charge in [-0.05, 0) is 36.1 Å². The van der Waals surface area contributed by atoms with Crippen LogP contribution < -0.4 is 11.1 Å². The molecule has 1 amide bonds. The van der Waals surface area contributed by atoms with E-state index in [1.54, 1.807) is 6.20 Å². The second-order valence-electron chi connectivity index (χ2n) is 5.32. The number of nitrogens with zero attached hydrogens (tertiary/aromatic N) is 1. The minimum absolute atomic E-state index is 0.0768. The van der Waals surface area contributed by atoms with Gasteiger partial charge in [0.15, 0.2) is 0 Å². The van der Waals surface area contributed by atoms with Crippen LogP contribution in [0.4, 0.5) is 0 Å². The molecule has 0 saturated carbocycles. The highest BCUT2D eigenvalue weighted by molar-refractivity contribution is 5.75. The summed E-state index contributed by atoms with van der Waals surface area (Å²) in [7, 11) is 0. The number of aromatic amines is 1. The summed E-state index contributed by atoms with van der Waals surface area (Å²) in [6, 6.07) is 9.99. The highest BCUT2D eigenvalue weighted by Gasteiger charge is 2.05. The lowest BCUT2D eigenvalue weighted by atomic mass is 10.1. The van der Waals surface area contributed by atoms with Crippen LogP contribution in [0.2, 0.25) is 0 Å². The molecule has 0 bridgehead atoms. The van der Waals surface area contributed by atoms with E-state index in [1.807, 2.05) is 30.3 Å². The van der Waals surface area contributed by atoms with Gasteiger partial charge in [-0.2, -0.15) is 5.10 Å².